The fourth-order valence-electron chi connectivity index (χ4n) is 2.82. The molecule has 1 unspecified atom stereocenters. The number of benzene rings is 2. The minimum absolute atomic E-state index is 0.0955. The van der Waals surface area contributed by atoms with Gasteiger partial charge in [0.1, 0.15) is 12.4 Å². The van der Waals surface area contributed by atoms with Crippen LogP contribution in [-0.2, 0) is 17.8 Å². The molecule has 3 nitrogen and oxygen atoms in total. The standard InChI is InChI=1S/C19H21NO2.2C2H6/c21-19-17(9-5-11-20-19)12-16-8-4-10-18(13-16)22-14-15-6-2-1-3-7-15;2*1-2/h1-4,6-8,10,13,17H,5,9,11-12,14H2,(H,20,21);2*1-2H3. The molecule has 1 aliphatic rings. The zero-order valence-corrected chi connectivity index (χ0v) is 16.6. The Bertz CT molecular complexity index is 625. The van der Waals surface area contributed by atoms with E-state index in [4.69, 9.17) is 4.74 Å². The van der Waals surface area contributed by atoms with Crippen LogP contribution in [0.5, 0.6) is 5.75 Å². The average molecular weight is 356 g/mol. The van der Waals surface area contributed by atoms with Crippen molar-refractivity contribution in [2.24, 2.45) is 5.92 Å². The molecule has 3 heteroatoms. The quantitative estimate of drug-likeness (QED) is 0.781. The summed E-state index contributed by atoms with van der Waals surface area (Å²) in [5, 5.41) is 2.94. The van der Waals surface area contributed by atoms with Crippen molar-refractivity contribution in [2.75, 3.05) is 6.54 Å². The number of amides is 1. The smallest absolute Gasteiger partial charge is 0.223 e. The summed E-state index contributed by atoms with van der Waals surface area (Å²) in [4.78, 5) is 11.9. The third-order valence-corrected chi connectivity index (χ3v) is 4.03. The van der Waals surface area contributed by atoms with Gasteiger partial charge in [0.2, 0.25) is 5.91 Å². The number of hydrogen-bond acceptors (Lipinski definition) is 2. The predicted molar refractivity (Wildman–Crippen MR) is 109 cm³/mol. The molecule has 0 radical (unpaired) electrons. The molecular weight excluding hydrogens is 322 g/mol. The Kier molecular flexibility index (Phi) is 10.9. The molecule has 1 heterocycles. The van der Waals surface area contributed by atoms with Gasteiger partial charge in [0.15, 0.2) is 0 Å². The van der Waals surface area contributed by atoms with Crippen molar-refractivity contribution in [2.45, 2.75) is 53.6 Å². The Morgan fingerprint density at radius 3 is 2.35 bits per heavy atom. The Labute approximate surface area is 158 Å². The van der Waals surface area contributed by atoms with Gasteiger partial charge in [-0.15, -0.1) is 0 Å². The van der Waals surface area contributed by atoms with Crippen LogP contribution < -0.4 is 10.1 Å². The summed E-state index contributed by atoms with van der Waals surface area (Å²) in [5.74, 6) is 1.14. The monoisotopic (exact) mass is 355 g/mol. The van der Waals surface area contributed by atoms with E-state index >= 15 is 0 Å². The summed E-state index contributed by atoms with van der Waals surface area (Å²) in [6.45, 7) is 9.38. The second-order valence-corrected chi connectivity index (χ2v) is 5.76. The summed E-state index contributed by atoms with van der Waals surface area (Å²) in [5.41, 5.74) is 2.31. The third-order valence-electron chi connectivity index (χ3n) is 4.03. The summed E-state index contributed by atoms with van der Waals surface area (Å²) in [6.07, 6.45) is 2.83. The summed E-state index contributed by atoms with van der Waals surface area (Å²) >= 11 is 0. The lowest BCUT2D eigenvalue weighted by molar-refractivity contribution is -0.126. The number of ether oxygens (including phenoxy) is 1. The maximum Gasteiger partial charge on any atom is 0.223 e. The fraction of sp³-hybridized carbons (Fsp3) is 0.435. The van der Waals surface area contributed by atoms with Crippen LogP contribution >= 0.6 is 0 Å². The number of piperidine rings is 1. The maximum absolute atomic E-state index is 11.9. The molecule has 1 saturated heterocycles. The molecule has 26 heavy (non-hydrogen) atoms. The van der Waals surface area contributed by atoms with Crippen molar-refractivity contribution in [3.05, 3.63) is 65.7 Å². The van der Waals surface area contributed by atoms with Crippen LogP contribution in [0.2, 0.25) is 0 Å². The number of rotatable bonds is 5. The predicted octanol–water partition coefficient (Wildman–Crippen LogP) is 5.39. The van der Waals surface area contributed by atoms with Gasteiger partial charge in [0.25, 0.3) is 0 Å². The highest BCUT2D eigenvalue weighted by molar-refractivity contribution is 5.79. The molecule has 1 aliphatic heterocycles. The van der Waals surface area contributed by atoms with E-state index in [0.29, 0.717) is 6.61 Å². The van der Waals surface area contributed by atoms with Gasteiger partial charge < -0.3 is 10.1 Å². The normalized spacial score (nSPS) is 15.5. The Morgan fingerprint density at radius 2 is 1.65 bits per heavy atom. The van der Waals surface area contributed by atoms with E-state index < -0.39 is 0 Å². The number of nitrogens with one attached hydrogen (secondary N) is 1. The third kappa shape index (κ3) is 7.30. The fourth-order valence-corrected chi connectivity index (χ4v) is 2.82. The number of carbonyl (C=O) groups excluding carboxylic acids is 1. The molecule has 1 fully saturated rings. The highest BCUT2D eigenvalue weighted by Gasteiger charge is 2.22. The van der Waals surface area contributed by atoms with Gasteiger partial charge in [-0.2, -0.15) is 0 Å². The van der Waals surface area contributed by atoms with Gasteiger partial charge in [-0.05, 0) is 42.5 Å². The van der Waals surface area contributed by atoms with E-state index in [2.05, 4.69) is 23.5 Å². The lowest BCUT2D eigenvalue weighted by Crippen LogP contribution is -2.37. The van der Waals surface area contributed by atoms with Crippen LogP contribution in [0, 0.1) is 5.92 Å². The molecule has 0 aromatic heterocycles. The van der Waals surface area contributed by atoms with E-state index in [0.717, 1.165) is 42.7 Å². The molecule has 142 valence electrons. The Hall–Kier alpha value is -2.29. The van der Waals surface area contributed by atoms with E-state index in [1.54, 1.807) is 0 Å². The summed E-state index contributed by atoms with van der Waals surface area (Å²) < 4.78 is 5.85. The van der Waals surface area contributed by atoms with Gasteiger partial charge in [-0.3, -0.25) is 4.79 Å². The lowest BCUT2D eigenvalue weighted by atomic mass is 9.91. The van der Waals surface area contributed by atoms with Crippen molar-refractivity contribution in [1.82, 2.24) is 5.32 Å². The number of hydrogen-bond donors (Lipinski definition) is 1. The minimum Gasteiger partial charge on any atom is -0.489 e. The topological polar surface area (TPSA) is 38.3 Å². The van der Waals surface area contributed by atoms with Gasteiger partial charge in [0.05, 0.1) is 0 Å². The van der Waals surface area contributed by atoms with Crippen molar-refractivity contribution in [1.29, 1.82) is 0 Å². The molecule has 3 rings (SSSR count). The molecule has 1 N–H and O–H groups in total. The molecule has 0 aliphatic carbocycles. The van der Waals surface area contributed by atoms with E-state index in [-0.39, 0.29) is 11.8 Å². The summed E-state index contributed by atoms with van der Waals surface area (Å²) in [7, 11) is 0. The molecular formula is C23H33NO2. The van der Waals surface area contributed by atoms with Gasteiger partial charge >= 0.3 is 0 Å². The first-order valence-electron chi connectivity index (χ1n) is 9.84. The first-order valence-corrected chi connectivity index (χ1v) is 9.84. The lowest BCUT2D eigenvalue weighted by Gasteiger charge is -2.21. The zero-order chi connectivity index (χ0) is 19.2. The van der Waals surface area contributed by atoms with Crippen LogP contribution in [0.4, 0.5) is 0 Å². The van der Waals surface area contributed by atoms with E-state index in [1.807, 2.05) is 64.1 Å². The van der Waals surface area contributed by atoms with Crippen molar-refractivity contribution in [3.63, 3.8) is 0 Å². The second-order valence-electron chi connectivity index (χ2n) is 5.76. The molecule has 0 saturated carbocycles. The average Bonchev–Trinajstić information content (AvgIpc) is 2.72. The second kappa shape index (κ2) is 13.0. The molecule has 2 aromatic carbocycles. The maximum atomic E-state index is 11.9. The van der Waals surface area contributed by atoms with Crippen LogP contribution in [0.1, 0.15) is 51.7 Å². The van der Waals surface area contributed by atoms with Crippen LogP contribution in [0.25, 0.3) is 0 Å². The minimum atomic E-state index is 0.0955. The molecule has 1 atom stereocenters. The van der Waals surface area contributed by atoms with Gasteiger partial charge in [-0.1, -0.05) is 70.2 Å². The molecule has 0 bridgehead atoms. The highest BCUT2D eigenvalue weighted by Crippen LogP contribution is 2.21. The summed E-state index contributed by atoms with van der Waals surface area (Å²) in [6, 6.07) is 18.2. The van der Waals surface area contributed by atoms with Crippen LogP contribution in [-0.4, -0.2) is 12.5 Å². The molecule has 0 spiro atoms. The van der Waals surface area contributed by atoms with Crippen molar-refractivity contribution in [3.8, 4) is 5.75 Å². The van der Waals surface area contributed by atoms with E-state index in [9.17, 15) is 4.79 Å². The first-order chi connectivity index (χ1) is 12.8. The van der Waals surface area contributed by atoms with Crippen molar-refractivity contribution >= 4 is 5.91 Å². The van der Waals surface area contributed by atoms with Crippen LogP contribution in [0.15, 0.2) is 54.6 Å². The van der Waals surface area contributed by atoms with Crippen LogP contribution in [0.3, 0.4) is 0 Å². The molecule has 2 aromatic rings. The van der Waals surface area contributed by atoms with Crippen molar-refractivity contribution < 1.29 is 9.53 Å². The SMILES string of the molecule is CC.CC.O=C1NCCCC1Cc1cccc(OCc2ccccc2)c1. The molecule has 1 amide bonds. The number of carbonyl (C=O) groups is 1. The first kappa shape index (κ1) is 21.8. The van der Waals surface area contributed by atoms with Gasteiger partial charge in [0, 0.05) is 12.5 Å². The van der Waals surface area contributed by atoms with Gasteiger partial charge in [-0.25, -0.2) is 0 Å². The zero-order valence-electron chi connectivity index (χ0n) is 16.6. The van der Waals surface area contributed by atoms with E-state index in [1.165, 1.54) is 0 Å². The Balaban J connectivity index is 0.000000791. The highest BCUT2D eigenvalue weighted by atomic mass is 16.5. The Morgan fingerprint density at radius 1 is 0.962 bits per heavy atom. The largest absolute Gasteiger partial charge is 0.489 e.